The lowest BCUT2D eigenvalue weighted by Crippen LogP contribution is -2.33. The van der Waals surface area contributed by atoms with Crippen LogP contribution >= 0.6 is 0 Å². The molecule has 124 valence electrons. The number of amides is 1. The molecule has 0 unspecified atom stereocenters. The Morgan fingerprint density at radius 2 is 2.35 bits per heavy atom. The van der Waals surface area contributed by atoms with Crippen LogP contribution in [0.3, 0.4) is 0 Å². The first-order valence-electron chi connectivity index (χ1n) is 7.92. The van der Waals surface area contributed by atoms with E-state index in [1.54, 1.807) is 17.8 Å². The zero-order valence-corrected chi connectivity index (χ0v) is 13.7. The molecule has 1 amide bonds. The number of likely N-dealkylation sites (tertiary alicyclic amines) is 1. The highest BCUT2D eigenvalue weighted by molar-refractivity contribution is 5.91. The van der Waals surface area contributed by atoms with E-state index >= 15 is 0 Å². The van der Waals surface area contributed by atoms with Crippen molar-refractivity contribution in [1.29, 1.82) is 0 Å². The van der Waals surface area contributed by atoms with Crippen molar-refractivity contribution in [2.45, 2.75) is 45.7 Å². The number of nitrogens with zero attached hydrogens (tertiary/aromatic N) is 5. The summed E-state index contributed by atoms with van der Waals surface area (Å²) in [6.07, 6.45) is 3.65. The maximum absolute atomic E-state index is 12.4. The zero-order valence-electron chi connectivity index (χ0n) is 13.7. The Morgan fingerprint density at radius 3 is 3.04 bits per heavy atom. The maximum atomic E-state index is 12.4. The summed E-state index contributed by atoms with van der Waals surface area (Å²) in [5.41, 5.74) is 0. The summed E-state index contributed by atoms with van der Waals surface area (Å²) < 4.78 is 6.85. The molecule has 0 saturated carbocycles. The standard InChI is InChI=1S/C15H22N6O2/c1-10(2)21-13(6-7-16-21)18-14(22)9-20-8-4-5-12(20)15-17-11(3)23-19-15/h6-7,10,12H,4-5,8-9H2,1-3H3,(H,18,22)/t12-/m1/s1. The van der Waals surface area contributed by atoms with Crippen molar-refractivity contribution in [3.05, 3.63) is 24.0 Å². The predicted molar refractivity (Wildman–Crippen MR) is 83.8 cm³/mol. The molecular weight excluding hydrogens is 296 g/mol. The smallest absolute Gasteiger partial charge is 0.239 e. The highest BCUT2D eigenvalue weighted by Crippen LogP contribution is 2.29. The van der Waals surface area contributed by atoms with Crippen LogP contribution in [0.15, 0.2) is 16.8 Å². The first-order valence-corrected chi connectivity index (χ1v) is 7.92. The summed E-state index contributed by atoms with van der Waals surface area (Å²) in [6, 6.07) is 2.05. The van der Waals surface area contributed by atoms with E-state index in [9.17, 15) is 4.79 Å². The normalized spacial score (nSPS) is 18.7. The van der Waals surface area contributed by atoms with Gasteiger partial charge < -0.3 is 9.84 Å². The van der Waals surface area contributed by atoms with E-state index in [0.29, 0.717) is 18.3 Å². The lowest BCUT2D eigenvalue weighted by atomic mass is 10.2. The second-order valence-electron chi connectivity index (χ2n) is 6.10. The number of rotatable bonds is 5. The summed E-state index contributed by atoms with van der Waals surface area (Å²) in [4.78, 5) is 18.8. The molecular formula is C15H22N6O2. The zero-order chi connectivity index (χ0) is 16.4. The largest absolute Gasteiger partial charge is 0.340 e. The van der Waals surface area contributed by atoms with Gasteiger partial charge in [-0.1, -0.05) is 5.16 Å². The molecule has 1 fully saturated rings. The topological polar surface area (TPSA) is 89.1 Å². The predicted octanol–water partition coefficient (Wildman–Crippen LogP) is 1.93. The van der Waals surface area contributed by atoms with Crippen molar-refractivity contribution in [2.24, 2.45) is 0 Å². The van der Waals surface area contributed by atoms with Gasteiger partial charge in [-0.25, -0.2) is 4.68 Å². The van der Waals surface area contributed by atoms with Crippen LogP contribution < -0.4 is 5.32 Å². The first-order chi connectivity index (χ1) is 11.0. The number of aryl methyl sites for hydroxylation is 1. The molecule has 0 aromatic carbocycles. The van der Waals surface area contributed by atoms with Gasteiger partial charge in [-0.15, -0.1) is 0 Å². The van der Waals surface area contributed by atoms with E-state index < -0.39 is 0 Å². The lowest BCUT2D eigenvalue weighted by molar-refractivity contribution is -0.117. The molecule has 23 heavy (non-hydrogen) atoms. The summed E-state index contributed by atoms with van der Waals surface area (Å²) in [6.45, 7) is 6.99. The van der Waals surface area contributed by atoms with E-state index in [1.807, 2.05) is 19.9 Å². The molecule has 8 heteroatoms. The third-order valence-corrected chi connectivity index (χ3v) is 3.98. The third kappa shape index (κ3) is 3.42. The molecule has 1 aliphatic heterocycles. The highest BCUT2D eigenvalue weighted by atomic mass is 16.5. The lowest BCUT2D eigenvalue weighted by Gasteiger charge is -2.21. The van der Waals surface area contributed by atoms with Gasteiger partial charge in [0.2, 0.25) is 11.8 Å². The Labute approximate surface area is 134 Å². The van der Waals surface area contributed by atoms with Gasteiger partial charge in [-0.05, 0) is 33.2 Å². The molecule has 3 rings (SSSR count). The fourth-order valence-corrected chi connectivity index (χ4v) is 2.95. The molecule has 8 nitrogen and oxygen atoms in total. The first kappa shape index (κ1) is 15.7. The number of nitrogens with one attached hydrogen (secondary N) is 1. The van der Waals surface area contributed by atoms with Gasteiger partial charge in [0.15, 0.2) is 5.82 Å². The van der Waals surface area contributed by atoms with Crippen molar-refractivity contribution in [3.63, 3.8) is 0 Å². The summed E-state index contributed by atoms with van der Waals surface area (Å²) in [5, 5.41) is 11.1. The Bertz CT molecular complexity index is 677. The second-order valence-corrected chi connectivity index (χ2v) is 6.10. The fourth-order valence-electron chi connectivity index (χ4n) is 2.95. The van der Waals surface area contributed by atoms with E-state index in [0.717, 1.165) is 25.2 Å². The number of hydrogen-bond donors (Lipinski definition) is 1. The Hall–Kier alpha value is -2.22. The maximum Gasteiger partial charge on any atom is 0.239 e. The summed E-state index contributed by atoms with van der Waals surface area (Å²) in [5.74, 6) is 1.88. The average Bonchev–Trinajstić information content (AvgIpc) is 3.19. The van der Waals surface area contributed by atoms with Gasteiger partial charge in [0.1, 0.15) is 5.82 Å². The van der Waals surface area contributed by atoms with Gasteiger partial charge in [0.25, 0.3) is 0 Å². The van der Waals surface area contributed by atoms with Crippen molar-refractivity contribution in [2.75, 3.05) is 18.4 Å². The minimum Gasteiger partial charge on any atom is -0.340 e. The van der Waals surface area contributed by atoms with Crippen LogP contribution in [-0.4, -0.2) is 43.8 Å². The van der Waals surface area contributed by atoms with Crippen LogP contribution in [0.4, 0.5) is 5.82 Å². The molecule has 0 aliphatic carbocycles. The number of aromatic nitrogens is 4. The third-order valence-electron chi connectivity index (χ3n) is 3.98. The van der Waals surface area contributed by atoms with E-state index in [4.69, 9.17) is 4.52 Å². The quantitative estimate of drug-likeness (QED) is 0.906. The Balaban J connectivity index is 1.64. The van der Waals surface area contributed by atoms with Gasteiger partial charge >= 0.3 is 0 Å². The number of carbonyl (C=O) groups is 1. The molecule has 0 radical (unpaired) electrons. The summed E-state index contributed by atoms with van der Waals surface area (Å²) >= 11 is 0. The van der Waals surface area contributed by atoms with Crippen LogP contribution in [0.2, 0.25) is 0 Å². The SMILES string of the molecule is Cc1nc([C@H]2CCCN2CC(=O)Nc2ccnn2C(C)C)no1. The number of anilines is 1. The van der Waals surface area contributed by atoms with Crippen LogP contribution in [0.25, 0.3) is 0 Å². The molecule has 1 atom stereocenters. The van der Waals surface area contributed by atoms with Gasteiger partial charge in [0.05, 0.1) is 18.8 Å². The van der Waals surface area contributed by atoms with Crippen molar-refractivity contribution in [1.82, 2.24) is 24.8 Å². The fraction of sp³-hybridized carbons (Fsp3) is 0.600. The van der Waals surface area contributed by atoms with Gasteiger partial charge in [-0.2, -0.15) is 10.1 Å². The molecule has 3 heterocycles. The van der Waals surface area contributed by atoms with Gasteiger partial charge in [0, 0.05) is 19.0 Å². The van der Waals surface area contributed by atoms with Crippen LogP contribution in [0.1, 0.15) is 50.5 Å². The highest BCUT2D eigenvalue weighted by Gasteiger charge is 2.31. The molecule has 1 N–H and O–H groups in total. The van der Waals surface area contributed by atoms with Crippen LogP contribution in [0.5, 0.6) is 0 Å². The minimum atomic E-state index is -0.0560. The Kier molecular flexibility index (Phi) is 4.42. The molecule has 2 aromatic rings. The van der Waals surface area contributed by atoms with Crippen LogP contribution in [0, 0.1) is 6.92 Å². The molecule has 1 saturated heterocycles. The van der Waals surface area contributed by atoms with Gasteiger partial charge in [-0.3, -0.25) is 9.69 Å². The average molecular weight is 318 g/mol. The molecule has 1 aliphatic rings. The van der Waals surface area contributed by atoms with E-state index in [2.05, 4.69) is 25.5 Å². The van der Waals surface area contributed by atoms with Crippen molar-refractivity contribution < 1.29 is 9.32 Å². The monoisotopic (exact) mass is 318 g/mol. The minimum absolute atomic E-state index is 0.0493. The van der Waals surface area contributed by atoms with E-state index in [-0.39, 0.29) is 18.0 Å². The number of hydrogen-bond acceptors (Lipinski definition) is 6. The Morgan fingerprint density at radius 1 is 1.52 bits per heavy atom. The van der Waals surface area contributed by atoms with Crippen LogP contribution in [-0.2, 0) is 4.79 Å². The summed E-state index contributed by atoms with van der Waals surface area (Å²) in [7, 11) is 0. The van der Waals surface area contributed by atoms with Crippen molar-refractivity contribution in [3.8, 4) is 0 Å². The van der Waals surface area contributed by atoms with E-state index in [1.165, 1.54) is 0 Å². The number of carbonyl (C=O) groups excluding carboxylic acids is 1. The molecule has 0 spiro atoms. The second kappa shape index (κ2) is 6.49. The molecule has 0 bridgehead atoms. The molecule has 2 aromatic heterocycles. The van der Waals surface area contributed by atoms with Crippen molar-refractivity contribution >= 4 is 11.7 Å².